The van der Waals surface area contributed by atoms with Gasteiger partial charge in [0.2, 0.25) is 0 Å². The van der Waals surface area contributed by atoms with Crippen molar-refractivity contribution in [1.82, 2.24) is 10.6 Å². The van der Waals surface area contributed by atoms with Gasteiger partial charge in [-0.05, 0) is 6.26 Å². The molecular weight excluding hydrogens is 253 g/mol. The Labute approximate surface area is 102 Å². The van der Waals surface area contributed by atoms with Crippen molar-refractivity contribution < 1.29 is 13.2 Å². The zero-order valence-electron chi connectivity index (χ0n) is 9.32. The van der Waals surface area contributed by atoms with Crippen LogP contribution in [-0.2, 0) is 0 Å². The topological polar surface area (TPSA) is 73.9 Å². The number of nitrogens with one attached hydrogen (secondary N) is 3. The molecule has 0 radical (unpaired) electrons. The molecule has 8 heteroatoms. The van der Waals surface area contributed by atoms with Crippen molar-refractivity contribution in [3.8, 4) is 0 Å². The normalized spacial score (nSPS) is 20.4. The Morgan fingerprint density at radius 3 is 2.82 bits per heavy atom. The lowest BCUT2D eigenvalue weighted by atomic mass is 10.0. The summed E-state index contributed by atoms with van der Waals surface area (Å²) in [5, 5.41) is 12.7. The Hall–Kier alpha value is -1.05. The first kappa shape index (κ1) is 14.0. The van der Waals surface area contributed by atoms with Crippen molar-refractivity contribution >= 4 is 17.6 Å². The molecule has 1 aliphatic heterocycles. The quantitative estimate of drug-likeness (QED) is 0.347. The van der Waals surface area contributed by atoms with Crippen LogP contribution in [0.15, 0.2) is 11.4 Å². The molecule has 0 spiro atoms. The highest BCUT2D eigenvalue weighted by molar-refractivity contribution is 7.98. The molecule has 1 aliphatic rings. The van der Waals surface area contributed by atoms with Crippen LogP contribution in [0.4, 0.5) is 13.2 Å². The molecule has 0 bridgehead atoms. The van der Waals surface area contributed by atoms with E-state index in [0.717, 1.165) is 5.75 Å². The third-order valence-electron chi connectivity index (χ3n) is 2.41. The van der Waals surface area contributed by atoms with E-state index in [1.807, 2.05) is 6.26 Å². The third kappa shape index (κ3) is 3.45. The van der Waals surface area contributed by atoms with Gasteiger partial charge in [-0.2, -0.15) is 24.9 Å². The van der Waals surface area contributed by atoms with Gasteiger partial charge in [-0.25, -0.2) is 0 Å². The monoisotopic (exact) mass is 268 g/mol. The number of hydrogen-bond acceptors (Lipinski definition) is 4. The van der Waals surface area contributed by atoms with Gasteiger partial charge in [0.1, 0.15) is 17.6 Å². The fraction of sp³-hybridized carbons (Fsp3) is 0.667. The molecule has 0 aromatic rings. The first-order valence-electron chi connectivity index (χ1n) is 5.00. The van der Waals surface area contributed by atoms with E-state index in [0.29, 0.717) is 6.54 Å². The van der Waals surface area contributed by atoms with Crippen LogP contribution in [0, 0.1) is 11.3 Å². The van der Waals surface area contributed by atoms with Crippen LogP contribution < -0.4 is 16.4 Å². The molecule has 1 atom stereocenters. The number of nitrogens with two attached hydrogens (primary N) is 1. The molecule has 0 aromatic heterocycles. The highest BCUT2D eigenvalue weighted by Crippen LogP contribution is 2.34. The summed E-state index contributed by atoms with van der Waals surface area (Å²) in [7, 11) is 0. The molecule has 0 saturated carbocycles. The van der Waals surface area contributed by atoms with Crippen LogP contribution in [0.5, 0.6) is 0 Å². The molecule has 0 aliphatic carbocycles. The largest absolute Gasteiger partial charge is 0.397 e. The van der Waals surface area contributed by atoms with Crippen molar-refractivity contribution in [2.75, 3.05) is 25.1 Å². The fourth-order valence-corrected chi connectivity index (χ4v) is 1.86. The Morgan fingerprint density at radius 1 is 1.65 bits per heavy atom. The van der Waals surface area contributed by atoms with Gasteiger partial charge in [-0.1, -0.05) is 0 Å². The predicted octanol–water partition coefficient (Wildman–Crippen LogP) is 0.868. The van der Waals surface area contributed by atoms with Gasteiger partial charge in [0.05, 0.1) is 0 Å². The summed E-state index contributed by atoms with van der Waals surface area (Å²) in [6.07, 6.45) is -2.49. The van der Waals surface area contributed by atoms with Crippen LogP contribution in [0.2, 0.25) is 0 Å². The summed E-state index contributed by atoms with van der Waals surface area (Å²) in [5.41, 5.74) is 5.27. The van der Waals surface area contributed by atoms with Crippen molar-refractivity contribution in [3.63, 3.8) is 0 Å². The fourth-order valence-electron chi connectivity index (χ4n) is 1.56. The lowest BCUT2D eigenvalue weighted by Crippen LogP contribution is -2.35. The highest BCUT2D eigenvalue weighted by Gasteiger charge is 2.46. The zero-order chi connectivity index (χ0) is 13.1. The maximum atomic E-state index is 12.7. The zero-order valence-corrected chi connectivity index (χ0v) is 10.1. The van der Waals surface area contributed by atoms with Gasteiger partial charge in [-0.15, -0.1) is 0 Å². The maximum absolute atomic E-state index is 12.7. The summed E-state index contributed by atoms with van der Waals surface area (Å²) in [6, 6.07) is 0. The molecule has 98 valence electrons. The number of halogens is 3. The molecule has 1 heterocycles. The minimum Gasteiger partial charge on any atom is -0.385 e. The van der Waals surface area contributed by atoms with Crippen LogP contribution >= 0.6 is 11.8 Å². The van der Waals surface area contributed by atoms with Gasteiger partial charge >= 0.3 is 6.18 Å². The SMILES string of the molecule is CSCCNC(=N)C1=C(N)NCC1C(F)(F)F. The van der Waals surface area contributed by atoms with E-state index >= 15 is 0 Å². The number of amidine groups is 1. The Morgan fingerprint density at radius 2 is 2.29 bits per heavy atom. The number of alkyl halides is 3. The third-order valence-corrected chi connectivity index (χ3v) is 3.02. The average Bonchev–Trinajstić information content (AvgIpc) is 2.60. The van der Waals surface area contributed by atoms with Crippen LogP contribution in [0.3, 0.4) is 0 Å². The van der Waals surface area contributed by atoms with Gasteiger partial charge in [0.25, 0.3) is 0 Å². The first-order valence-corrected chi connectivity index (χ1v) is 6.39. The van der Waals surface area contributed by atoms with Gasteiger partial charge in [0, 0.05) is 24.4 Å². The van der Waals surface area contributed by atoms with Crippen molar-refractivity contribution in [2.24, 2.45) is 11.7 Å². The molecule has 17 heavy (non-hydrogen) atoms. The van der Waals surface area contributed by atoms with Crippen LogP contribution in [0.1, 0.15) is 0 Å². The molecule has 0 amide bonds. The molecule has 0 aromatic carbocycles. The second-order valence-corrected chi connectivity index (χ2v) is 4.58. The smallest absolute Gasteiger partial charge is 0.385 e. The van der Waals surface area contributed by atoms with E-state index < -0.39 is 12.1 Å². The summed E-state index contributed by atoms with van der Waals surface area (Å²) in [4.78, 5) is 0. The minimum atomic E-state index is -4.38. The maximum Gasteiger partial charge on any atom is 0.397 e. The highest BCUT2D eigenvalue weighted by atomic mass is 32.2. The van der Waals surface area contributed by atoms with E-state index in [9.17, 15) is 13.2 Å². The van der Waals surface area contributed by atoms with E-state index in [1.165, 1.54) is 0 Å². The molecule has 0 fully saturated rings. The lowest BCUT2D eigenvalue weighted by Gasteiger charge is -2.18. The van der Waals surface area contributed by atoms with Crippen molar-refractivity contribution in [1.29, 1.82) is 5.41 Å². The summed E-state index contributed by atoms with van der Waals surface area (Å²) >= 11 is 1.55. The predicted molar refractivity (Wildman–Crippen MR) is 62.9 cm³/mol. The van der Waals surface area contributed by atoms with Crippen LogP contribution in [0.25, 0.3) is 0 Å². The first-order chi connectivity index (χ1) is 7.88. The Bertz CT molecular complexity index is 327. The summed E-state index contributed by atoms with van der Waals surface area (Å²) in [6.45, 7) is 0.151. The van der Waals surface area contributed by atoms with E-state index in [4.69, 9.17) is 11.1 Å². The van der Waals surface area contributed by atoms with Crippen molar-refractivity contribution in [3.05, 3.63) is 11.4 Å². The molecule has 1 rings (SSSR count). The second kappa shape index (κ2) is 5.52. The second-order valence-electron chi connectivity index (χ2n) is 3.60. The number of hydrogen-bond donors (Lipinski definition) is 4. The van der Waals surface area contributed by atoms with E-state index in [-0.39, 0.29) is 23.8 Å². The van der Waals surface area contributed by atoms with E-state index in [1.54, 1.807) is 11.8 Å². The standard InChI is InChI=1S/C9H15F3N4S/c1-17-3-2-15-7(13)6-5(9(10,11)12)4-16-8(6)14/h5,16H,2-4,14H2,1H3,(H2,13,15). The molecular formula is C9H15F3N4S. The van der Waals surface area contributed by atoms with Gasteiger partial charge in [-0.3, -0.25) is 5.41 Å². The minimum absolute atomic E-state index is 0.0611. The molecule has 4 nitrogen and oxygen atoms in total. The summed E-state index contributed by atoms with van der Waals surface area (Å²) < 4.78 is 38.0. The number of thioether (sulfide) groups is 1. The Kier molecular flexibility index (Phi) is 4.55. The molecule has 0 saturated heterocycles. The Balaban J connectivity index is 2.72. The summed E-state index contributed by atoms with van der Waals surface area (Å²) in [5.74, 6) is -1.28. The van der Waals surface area contributed by atoms with Gasteiger partial charge in [0.15, 0.2) is 0 Å². The van der Waals surface area contributed by atoms with Crippen LogP contribution in [-0.4, -0.2) is 37.1 Å². The lowest BCUT2D eigenvalue weighted by molar-refractivity contribution is -0.159. The number of rotatable bonds is 4. The van der Waals surface area contributed by atoms with Gasteiger partial charge < -0.3 is 16.4 Å². The molecule has 5 N–H and O–H groups in total. The average molecular weight is 268 g/mol. The van der Waals surface area contributed by atoms with Crippen molar-refractivity contribution in [2.45, 2.75) is 6.18 Å². The van der Waals surface area contributed by atoms with E-state index in [2.05, 4.69) is 10.6 Å². The molecule has 1 unspecified atom stereocenters.